The van der Waals surface area contributed by atoms with Crippen LogP contribution in [0.25, 0.3) is 0 Å². The molecule has 0 saturated heterocycles. The van der Waals surface area contributed by atoms with Crippen molar-refractivity contribution in [3.63, 3.8) is 0 Å². The molecule has 0 amide bonds. The summed E-state index contributed by atoms with van der Waals surface area (Å²) in [5, 5.41) is 0. The van der Waals surface area contributed by atoms with E-state index < -0.39 is 17.5 Å². The highest BCUT2D eigenvalue weighted by molar-refractivity contribution is 6.03. The van der Waals surface area contributed by atoms with Gasteiger partial charge in [-0.15, -0.1) is 0 Å². The van der Waals surface area contributed by atoms with Gasteiger partial charge in [0.1, 0.15) is 5.75 Å². The molecule has 0 aliphatic heterocycles. The maximum atomic E-state index is 12.6. The largest absolute Gasteiger partial charge is 0.493 e. The van der Waals surface area contributed by atoms with Gasteiger partial charge >= 0.3 is 6.18 Å². The van der Waals surface area contributed by atoms with Gasteiger partial charge in [-0.2, -0.15) is 13.2 Å². The van der Waals surface area contributed by atoms with Crippen LogP contribution in [0.15, 0.2) is 12.1 Å². The highest BCUT2D eigenvalue weighted by Crippen LogP contribution is 2.34. The second-order valence-corrected chi connectivity index (χ2v) is 3.54. The van der Waals surface area contributed by atoms with Crippen molar-refractivity contribution in [2.45, 2.75) is 20.0 Å². The summed E-state index contributed by atoms with van der Waals surface area (Å²) in [5.74, 6) is -0.850. The van der Waals surface area contributed by atoms with Crippen LogP contribution < -0.4 is 4.74 Å². The SMILES string of the molecule is CCOc1cc(C(F)(F)F)cc(C(C)=O)c1C=O. The summed E-state index contributed by atoms with van der Waals surface area (Å²) in [5.41, 5.74) is -1.46. The van der Waals surface area contributed by atoms with Crippen LogP contribution in [-0.2, 0) is 6.18 Å². The molecule has 0 aliphatic rings. The van der Waals surface area contributed by atoms with E-state index in [-0.39, 0.29) is 23.5 Å². The molecule has 6 heteroatoms. The maximum absolute atomic E-state index is 12.6. The molecule has 0 N–H and O–H groups in total. The molecule has 1 aromatic carbocycles. The number of carbonyl (C=O) groups excluding carboxylic acids is 2. The lowest BCUT2D eigenvalue weighted by atomic mass is 10.0. The second-order valence-electron chi connectivity index (χ2n) is 3.54. The van der Waals surface area contributed by atoms with Crippen LogP contribution in [-0.4, -0.2) is 18.7 Å². The van der Waals surface area contributed by atoms with Crippen molar-refractivity contribution in [2.75, 3.05) is 6.61 Å². The summed E-state index contributed by atoms with van der Waals surface area (Å²) in [6.45, 7) is 2.76. The number of Topliss-reactive ketones (excluding diaryl/α,β-unsaturated/α-hetero) is 1. The van der Waals surface area contributed by atoms with Gasteiger partial charge in [-0.1, -0.05) is 0 Å². The summed E-state index contributed by atoms with van der Waals surface area (Å²) < 4.78 is 42.9. The van der Waals surface area contributed by atoms with Gasteiger partial charge in [0.05, 0.1) is 17.7 Å². The molecule has 1 rings (SSSR count). The van der Waals surface area contributed by atoms with Gasteiger partial charge in [-0.25, -0.2) is 0 Å². The molecule has 0 heterocycles. The standard InChI is InChI=1S/C12H11F3O3/c1-3-18-11-5-8(12(13,14)15)4-9(7(2)17)10(11)6-16/h4-6H,3H2,1-2H3. The Bertz CT molecular complexity index is 478. The van der Waals surface area contributed by atoms with Crippen LogP contribution in [0.3, 0.4) is 0 Å². The summed E-state index contributed by atoms with van der Waals surface area (Å²) >= 11 is 0. The number of ketones is 1. The van der Waals surface area contributed by atoms with Crippen molar-refractivity contribution in [3.8, 4) is 5.75 Å². The Morgan fingerprint density at radius 1 is 1.39 bits per heavy atom. The highest BCUT2D eigenvalue weighted by Gasteiger charge is 2.33. The van der Waals surface area contributed by atoms with E-state index in [1.165, 1.54) is 0 Å². The van der Waals surface area contributed by atoms with Crippen LogP contribution in [0.1, 0.15) is 40.1 Å². The smallest absolute Gasteiger partial charge is 0.416 e. The molecule has 0 bridgehead atoms. The molecule has 0 unspecified atom stereocenters. The average molecular weight is 260 g/mol. The summed E-state index contributed by atoms with van der Waals surface area (Å²) in [6.07, 6.45) is -4.28. The molecule has 1 aromatic rings. The molecule has 0 aromatic heterocycles. The van der Waals surface area contributed by atoms with E-state index in [0.29, 0.717) is 12.4 Å². The number of carbonyl (C=O) groups is 2. The lowest BCUT2D eigenvalue weighted by molar-refractivity contribution is -0.137. The first-order valence-corrected chi connectivity index (χ1v) is 5.15. The number of benzene rings is 1. The van der Waals surface area contributed by atoms with Gasteiger partial charge in [0.2, 0.25) is 0 Å². The lowest BCUT2D eigenvalue weighted by Crippen LogP contribution is -2.11. The Morgan fingerprint density at radius 3 is 2.39 bits per heavy atom. The van der Waals surface area contributed by atoms with E-state index in [9.17, 15) is 22.8 Å². The molecule has 0 saturated carbocycles. The number of aldehydes is 1. The van der Waals surface area contributed by atoms with E-state index in [0.717, 1.165) is 13.0 Å². The summed E-state index contributed by atoms with van der Waals surface area (Å²) in [7, 11) is 0. The Kier molecular flexibility index (Phi) is 4.11. The van der Waals surface area contributed by atoms with E-state index in [1.807, 2.05) is 0 Å². The Balaban J connectivity index is 3.53. The van der Waals surface area contributed by atoms with Crippen LogP contribution in [0.5, 0.6) is 5.75 Å². The number of halogens is 3. The van der Waals surface area contributed by atoms with Crippen molar-refractivity contribution in [1.29, 1.82) is 0 Å². The van der Waals surface area contributed by atoms with Crippen LogP contribution >= 0.6 is 0 Å². The quantitative estimate of drug-likeness (QED) is 0.617. The monoisotopic (exact) mass is 260 g/mol. The zero-order chi connectivity index (χ0) is 13.9. The van der Waals surface area contributed by atoms with Gasteiger partial charge < -0.3 is 4.74 Å². The molecule has 0 aliphatic carbocycles. The number of alkyl halides is 3. The van der Waals surface area contributed by atoms with Gasteiger partial charge in [-0.05, 0) is 26.0 Å². The third kappa shape index (κ3) is 2.88. The third-order valence-corrected chi connectivity index (χ3v) is 2.27. The number of rotatable bonds is 4. The van der Waals surface area contributed by atoms with Crippen molar-refractivity contribution in [2.24, 2.45) is 0 Å². The second kappa shape index (κ2) is 5.20. The minimum Gasteiger partial charge on any atom is -0.493 e. The van der Waals surface area contributed by atoms with Crippen LogP contribution in [0.4, 0.5) is 13.2 Å². The number of hydrogen-bond donors (Lipinski definition) is 0. The first-order chi connectivity index (χ1) is 8.31. The van der Waals surface area contributed by atoms with E-state index in [2.05, 4.69) is 0 Å². The van der Waals surface area contributed by atoms with Gasteiger partial charge in [0, 0.05) is 5.56 Å². The summed E-state index contributed by atoms with van der Waals surface area (Å²) in [6, 6.07) is 1.38. The van der Waals surface area contributed by atoms with Gasteiger partial charge in [0.25, 0.3) is 0 Å². The fourth-order valence-corrected chi connectivity index (χ4v) is 1.48. The fourth-order valence-electron chi connectivity index (χ4n) is 1.48. The molecule has 0 atom stereocenters. The third-order valence-electron chi connectivity index (χ3n) is 2.27. The first kappa shape index (κ1) is 14.2. The Morgan fingerprint density at radius 2 is 2.00 bits per heavy atom. The minimum absolute atomic E-state index is 0.0967. The molecular formula is C12H11F3O3. The Labute approximate surface area is 102 Å². The molecule has 3 nitrogen and oxygen atoms in total. The number of hydrogen-bond acceptors (Lipinski definition) is 3. The fraction of sp³-hybridized carbons (Fsp3) is 0.333. The van der Waals surface area contributed by atoms with Crippen molar-refractivity contribution >= 4 is 12.1 Å². The first-order valence-electron chi connectivity index (χ1n) is 5.15. The molecule has 0 fully saturated rings. The van der Waals surface area contributed by atoms with Crippen LogP contribution in [0, 0.1) is 0 Å². The topological polar surface area (TPSA) is 43.4 Å². The van der Waals surface area contributed by atoms with E-state index >= 15 is 0 Å². The maximum Gasteiger partial charge on any atom is 0.416 e. The van der Waals surface area contributed by atoms with Crippen molar-refractivity contribution in [1.82, 2.24) is 0 Å². The van der Waals surface area contributed by atoms with E-state index in [1.54, 1.807) is 6.92 Å². The van der Waals surface area contributed by atoms with Gasteiger partial charge in [0.15, 0.2) is 12.1 Å². The lowest BCUT2D eigenvalue weighted by Gasteiger charge is -2.14. The highest BCUT2D eigenvalue weighted by atomic mass is 19.4. The average Bonchev–Trinajstić information content (AvgIpc) is 2.27. The molecule has 18 heavy (non-hydrogen) atoms. The zero-order valence-corrected chi connectivity index (χ0v) is 9.80. The number of ether oxygens (including phenoxy) is 1. The summed E-state index contributed by atoms with van der Waals surface area (Å²) in [4.78, 5) is 22.2. The van der Waals surface area contributed by atoms with Crippen molar-refractivity contribution in [3.05, 3.63) is 28.8 Å². The Hall–Kier alpha value is -1.85. The van der Waals surface area contributed by atoms with Crippen molar-refractivity contribution < 1.29 is 27.5 Å². The minimum atomic E-state index is -4.60. The molecule has 0 radical (unpaired) electrons. The molecule has 0 spiro atoms. The predicted molar refractivity (Wildman–Crippen MR) is 58.0 cm³/mol. The predicted octanol–water partition coefficient (Wildman–Crippen LogP) is 3.12. The molecule has 98 valence electrons. The molecular weight excluding hydrogens is 249 g/mol. The van der Waals surface area contributed by atoms with Crippen LogP contribution in [0.2, 0.25) is 0 Å². The zero-order valence-electron chi connectivity index (χ0n) is 9.80. The van der Waals surface area contributed by atoms with E-state index in [4.69, 9.17) is 4.74 Å². The van der Waals surface area contributed by atoms with Gasteiger partial charge in [-0.3, -0.25) is 9.59 Å². The normalized spacial score (nSPS) is 11.2.